The van der Waals surface area contributed by atoms with Crippen molar-refractivity contribution in [2.45, 2.75) is 11.8 Å². The standard InChI is InChI=1S/C9H12BrNS/c1-7-6-8(10)4-5-9(7)12-11(2)3/h4-6H,1-3H3. The van der Waals surface area contributed by atoms with Crippen molar-refractivity contribution < 1.29 is 0 Å². The van der Waals surface area contributed by atoms with Crippen molar-refractivity contribution in [3.8, 4) is 0 Å². The number of hydrogen-bond donors (Lipinski definition) is 0. The second-order valence-corrected chi connectivity index (χ2v) is 5.08. The summed E-state index contributed by atoms with van der Waals surface area (Å²) in [5.41, 5.74) is 1.31. The Bertz CT molecular complexity index is 273. The van der Waals surface area contributed by atoms with Crippen molar-refractivity contribution in [1.82, 2.24) is 4.31 Å². The van der Waals surface area contributed by atoms with Gasteiger partial charge in [-0.15, -0.1) is 0 Å². The molecule has 0 atom stereocenters. The molecule has 0 N–H and O–H groups in total. The van der Waals surface area contributed by atoms with Crippen LogP contribution in [0, 0.1) is 6.92 Å². The quantitative estimate of drug-likeness (QED) is 0.736. The number of aryl methyl sites for hydroxylation is 1. The molecule has 0 aromatic heterocycles. The molecule has 1 aromatic carbocycles. The molecule has 0 unspecified atom stereocenters. The second kappa shape index (κ2) is 4.30. The van der Waals surface area contributed by atoms with E-state index in [0.717, 1.165) is 4.47 Å². The number of benzene rings is 1. The fourth-order valence-corrected chi connectivity index (χ4v) is 2.11. The topological polar surface area (TPSA) is 3.24 Å². The van der Waals surface area contributed by atoms with Crippen LogP contribution in [0.1, 0.15) is 5.56 Å². The molecule has 1 nitrogen and oxygen atoms in total. The molecule has 0 aliphatic rings. The zero-order valence-electron chi connectivity index (χ0n) is 7.47. The Hall–Kier alpha value is 0.01000. The van der Waals surface area contributed by atoms with Gasteiger partial charge in [0.2, 0.25) is 0 Å². The lowest BCUT2D eigenvalue weighted by molar-refractivity contribution is 0.702. The van der Waals surface area contributed by atoms with E-state index >= 15 is 0 Å². The Morgan fingerprint density at radius 1 is 1.33 bits per heavy atom. The fourth-order valence-electron chi connectivity index (χ4n) is 0.912. The van der Waals surface area contributed by atoms with E-state index in [4.69, 9.17) is 0 Å². The molecule has 0 fully saturated rings. The second-order valence-electron chi connectivity index (χ2n) is 2.81. The maximum Gasteiger partial charge on any atom is 0.0260 e. The van der Waals surface area contributed by atoms with Gasteiger partial charge in [0.05, 0.1) is 0 Å². The Morgan fingerprint density at radius 2 is 2.00 bits per heavy atom. The van der Waals surface area contributed by atoms with Crippen molar-refractivity contribution in [2.24, 2.45) is 0 Å². The number of hydrogen-bond acceptors (Lipinski definition) is 2. The van der Waals surface area contributed by atoms with Crippen LogP contribution < -0.4 is 0 Å². The first-order valence-electron chi connectivity index (χ1n) is 3.71. The fraction of sp³-hybridized carbons (Fsp3) is 0.333. The predicted molar refractivity (Wildman–Crippen MR) is 58.4 cm³/mol. The molecule has 1 aromatic rings. The lowest BCUT2D eigenvalue weighted by Gasteiger charge is -2.10. The summed E-state index contributed by atoms with van der Waals surface area (Å²) in [7, 11) is 4.10. The molecule has 66 valence electrons. The van der Waals surface area contributed by atoms with E-state index in [0.29, 0.717) is 0 Å². The molecule has 0 saturated carbocycles. The minimum absolute atomic E-state index is 1.14. The van der Waals surface area contributed by atoms with Crippen molar-refractivity contribution in [3.63, 3.8) is 0 Å². The molecule has 0 aliphatic heterocycles. The van der Waals surface area contributed by atoms with Crippen molar-refractivity contribution in [2.75, 3.05) is 14.1 Å². The lowest BCUT2D eigenvalue weighted by Crippen LogP contribution is -1.99. The molecular formula is C9H12BrNS. The Morgan fingerprint density at radius 3 is 2.50 bits per heavy atom. The van der Waals surface area contributed by atoms with Gasteiger partial charge < -0.3 is 0 Å². The van der Waals surface area contributed by atoms with Gasteiger partial charge in [-0.05, 0) is 56.7 Å². The Kier molecular flexibility index (Phi) is 3.62. The van der Waals surface area contributed by atoms with Gasteiger partial charge in [-0.3, -0.25) is 4.31 Å². The van der Waals surface area contributed by atoms with Gasteiger partial charge in [0.15, 0.2) is 0 Å². The summed E-state index contributed by atoms with van der Waals surface area (Å²) >= 11 is 5.19. The van der Waals surface area contributed by atoms with Gasteiger partial charge in [-0.2, -0.15) is 0 Å². The average molecular weight is 246 g/mol. The SMILES string of the molecule is Cc1cc(Br)ccc1SN(C)C. The number of halogens is 1. The highest BCUT2D eigenvalue weighted by atomic mass is 79.9. The van der Waals surface area contributed by atoms with Gasteiger partial charge in [0.1, 0.15) is 0 Å². The van der Waals surface area contributed by atoms with Crippen LogP contribution in [-0.2, 0) is 0 Å². The van der Waals surface area contributed by atoms with Crippen LogP contribution in [0.15, 0.2) is 27.6 Å². The molecule has 3 heteroatoms. The first-order valence-corrected chi connectivity index (χ1v) is 5.27. The smallest absolute Gasteiger partial charge is 0.0260 e. The van der Waals surface area contributed by atoms with E-state index in [-0.39, 0.29) is 0 Å². The third kappa shape index (κ3) is 2.81. The predicted octanol–water partition coefficient (Wildman–Crippen LogP) is 3.33. The highest BCUT2D eigenvalue weighted by Gasteiger charge is 2.00. The van der Waals surface area contributed by atoms with Crippen LogP contribution in [0.4, 0.5) is 0 Å². The van der Waals surface area contributed by atoms with Crippen molar-refractivity contribution in [1.29, 1.82) is 0 Å². The minimum Gasteiger partial charge on any atom is -0.253 e. The van der Waals surface area contributed by atoms with Crippen LogP contribution in [-0.4, -0.2) is 18.4 Å². The van der Waals surface area contributed by atoms with Gasteiger partial charge >= 0.3 is 0 Å². The van der Waals surface area contributed by atoms with E-state index in [9.17, 15) is 0 Å². The normalized spacial score (nSPS) is 10.8. The highest BCUT2D eigenvalue weighted by molar-refractivity contribution is 9.10. The zero-order chi connectivity index (χ0) is 9.14. The summed E-state index contributed by atoms with van der Waals surface area (Å²) in [6.45, 7) is 2.12. The molecule has 0 spiro atoms. The molecule has 0 aliphatic carbocycles. The minimum atomic E-state index is 1.14. The van der Waals surface area contributed by atoms with Crippen LogP contribution in [0.25, 0.3) is 0 Å². The van der Waals surface area contributed by atoms with Crippen LogP contribution in [0.5, 0.6) is 0 Å². The van der Waals surface area contributed by atoms with Gasteiger partial charge in [0, 0.05) is 9.37 Å². The maximum absolute atomic E-state index is 3.44. The van der Waals surface area contributed by atoms with Crippen molar-refractivity contribution >= 4 is 27.9 Å². The lowest BCUT2D eigenvalue weighted by atomic mass is 10.2. The molecule has 0 saturated heterocycles. The van der Waals surface area contributed by atoms with Crippen LogP contribution >= 0.6 is 27.9 Å². The molecule has 12 heavy (non-hydrogen) atoms. The van der Waals surface area contributed by atoms with E-state index in [1.807, 2.05) is 14.1 Å². The summed E-state index contributed by atoms with van der Waals surface area (Å²) in [5, 5.41) is 0. The number of nitrogens with zero attached hydrogens (tertiary/aromatic N) is 1. The molecule has 0 amide bonds. The molecule has 0 bridgehead atoms. The first kappa shape index (κ1) is 10.1. The first-order chi connectivity index (χ1) is 5.59. The summed E-state index contributed by atoms with van der Waals surface area (Å²) in [6.07, 6.45) is 0. The third-order valence-electron chi connectivity index (χ3n) is 1.42. The van der Waals surface area contributed by atoms with E-state index in [1.54, 1.807) is 11.9 Å². The summed E-state index contributed by atoms with van der Waals surface area (Å²) in [5.74, 6) is 0. The van der Waals surface area contributed by atoms with E-state index in [1.165, 1.54) is 10.5 Å². The molecule has 1 rings (SSSR count). The summed E-state index contributed by atoms with van der Waals surface area (Å²) < 4.78 is 3.24. The largest absolute Gasteiger partial charge is 0.253 e. The van der Waals surface area contributed by atoms with Gasteiger partial charge in [-0.1, -0.05) is 15.9 Å². The summed E-state index contributed by atoms with van der Waals surface area (Å²) in [6, 6.07) is 6.33. The Labute approximate surface area is 86.4 Å². The van der Waals surface area contributed by atoms with E-state index in [2.05, 4.69) is 45.4 Å². The average Bonchev–Trinajstić information content (AvgIpc) is 1.94. The van der Waals surface area contributed by atoms with Gasteiger partial charge in [0.25, 0.3) is 0 Å². The monoisotopic (exact) mass is 245 g/mol. The van der Waals surface area contributed by atoms with Crippen LogP contribution in [0.2, 0.25) is 0 Å². The maximum atomic E-state index is 3.44. The Balaban J connectivity index is 2.86. The number of rotatable bonds is 2. The van der Waals surface area contributed by atoms with E-state index < -0.39 is 0 Å². The summed E-state index contributed by atoms with van der Waals surface area (Å²) in [4.78, 5) is 1.31. The van der Waals surface area contributed by atoms with Crippen molar-refractivity contribution in [3.05, 3.63) is 28.2 Å². The highest BCUT2D eigenvalue weighted by Crippen LogP contribution is 2.25. The molecule has 0 heterocycles. The molecule has 0 radical (unpaired) electrons. The zero-order valence-corrected chi connectivity index (χ0v) is 9.87. The van der Waals surface area contributed by atoms with Crippen LogP contribution in [0.3, 0.4) is 0 Å². The van der Waals surface area contributed by atoms with Gasteiger partial charge in [-0.25, -0.2) is 0 Å². The molecular weight excluding hydrogens is 234 g/mol. The third-order valence-corrected chi connectivity index (χ3v) is 2.93.